The van der Waals surface area contributed by atoms with Crippen molar-refractivity contribution in [1.82, 2.24) is 5.32 Å². The second-order valence-corrected chi connectivity index (χ2v) is 9.70. The summed E-state index contributed by atoms with van der Waals surface area (Å²) in [5, 5.41) is 7.15. The topological polar surface area (TPSA) is 76.7 Å². The Hall–Kier alpha value is -2.38. The van der Waals surface area contributed by atoms with Crippen molar-refractivity contribution < 1.29 is 19.1 Å². The molecule has 0 saturated heterocycles. The number of hydrogen-bond donors (Lipinski definition) is 2. The predicted molar refractivity (Wildman–Crippen MR) is 120 cm³/mol. The van der Waals surface area contributed by atoms with E-state index in [-0.39, 0.29) is 30.0 Å². The van der Waals surface area contributed by atoms with Gasteiger partial charge in [0.25, 0.3) is 0 Å². The van der Waals surface area contributed by atoms with Crippen LogP contribution in [-0.2, 0) is 27.9 Å². The summed E-state index contributed by atoms with van der Waals surface area (Å²) in [6, 6.07) is 7.42. The van der Waals surface area contributed by atoms with Crippen molar-refractivity contribution in [2.75, 3.05) is 19.0 Å². The van der Waals surface area contributed by atoms with Crippen LogP contribution in [0.25, 0.3) is 0 Å². The quantitative estimate of drug-likeness (QED) is 0.669. The average molecular weight is 431 g/mol. The second-order valence-electron chi connectivity index (χ2n) is 8.68. The maximum atomic E-state index is 12.9. The van der Waals surface area contributed by atoms with Crippen molar-refractivity contribution >= 4 is 28.2 Å². The molecule has 0 spiro atoms. The number of anilines is 1. The van der Waals surface area contributed by atoms with Gasteiger partial charge in [0, 0.05) is 21.5 Å². The van der Waals surface area contributed by atoms with Crippen molar-refractivity contribution in [1.29, 1.82) is 0 Å². The smallest absolute Gasteiger partial charge is 0.341 e. The van der Waals surface area contributed by atoms with Crippen LogP contribution in [0.15, 0.2) is 24.3 Å². The van der Waals surface area contributed by atoms with Crippen molar-refractivity contribution in [3.63, 3.8) is 0 Å². The number of carbonyl (C=O) groups is 2. The zero-order valence-corrected chi connectivity index (χ0v) is 19.3. The molecule has 1 amide bonds. The van der Waals surface area contributed by atoms with Crippen molar-refractivity contribution in [2.24, 2.45) is 0 Å². The van der Waals surface area contributed by atoms with E-state index in [9.17, 15) is 9.59 Å². The number of fused-ring (bicyclic) bond motifs is 1. The summed E-state index contributed by atoms with van der Waals surface area (Å²) in [6.07, 6.45) is 0.834. The third-order valence-corrected chi connectivity index (χ3v) is 6.59. The highest BCUT2D eigenvalue weighted by Gasteiger charge is 2.42. The molecular formula is C23H30N2O4S. The van der Waals surface area contributed by atoms with Gasteiger partial charge in [-0.3, -0.25) is 4.79 Å². The molecule has 0 bridgehead atoms. The number of esters is 1. The fourth-order valence-corrected chi connectivity index (χ4v) is 5.51. The van der Waals surface area contributed by atoms with Crippen LogP contribution in [0.4, 0.5) is 5.00 Å². The van der Waals surface area contributed by atoms with Gasteiger partial charge in [0.1, 0.15) is 10.8 Å². The number of amides is 1. The molecule has 0 atom stereocenters. The maximum Gasteiger partial charge on any atom is 0.341 e. The lowest BCUT2D eigenvalue weighted by Crippen LogP contribution is -2.55. The monoisotopic (exact) mass is 430 g/mol. The van der Waals surface area contributed by atoms with E-state index in [1.165, 1.54) is 11.3 Å². The zero-order valence-electron chi connectivity index (χ0n) is 18.5. The first-order valence-corrected chi connectivity index (χ1v) is 10.9. The minimum atomic E-state index is -0.393. The van der Waals surface area contributed by atoms with Crippen LogP contribution in [0.1, 0.15) is 61.0 Å². The summed E-state index contributed by atoms with van der Waals surface area (Å²) >= 11 is 1.45. The Morgan fingerprint density at radius 3 is 2.57 bits per heavy atom. The Kier molecular flexibility index (Phi) is 6.24. The Balaban J connectivity index is 1.97. The van der Waals surface area contributed by atoms with E-state index in [0.717, 1.165) is 16.0 Å². The van der Waals surface area contributed by atoms with E-state index in [2.05, 4.69) is 38.3 Å². The van der Waals surface area contributed by atoms with Gasteiger partial charge in [0.15, 0.2) is 0 Å². The molecule has 3 rings (SSSR count). The lowest BCUT2D eigenvalue weighted by Gasteiger charge is -2.42. The molecule has 1 aliphatic rings. The standard InChI is InChI=1S/C23H30N2O4S/c1-7-29-21(27)18-15-13-22(2,3)25-23(4,5)19(15)30-20(18)24-17(26)12-14-10-8-9-11-16(14)28-6/h8-11,25H,7,12-13H2,1-6H3,(H,24,26). The molecule has 1 aromatic carbocycles. The van der Waals surface area contributed by atoms with Gasteiger partial charge < -0.3 is 20.1 Å². The van der Waals surface area contributed by atoms with E-state index in [1.807, 2.05) is 24.3 Å². The molecule has 0 unspecified atom stereocenters. The SMILES string of the molecule is CCOC(=O)c1c(NC(=O)Cc2ccccc2OC)sc2c1CC(C)(C)NC2(C)C. The maximum absolute atomic E-state index is 12.9. The van der Waals surface area contributed by atoms with Crippen LogP contribution >= 0.6 is 11.3 Å². The molecule has 1 aromatic heterocycles. The van der Waals surface area contributed by atoms with Crippen LogP contribution in [0, 0.1) is 0 Å². The highest BCUT2D eigenvalue weighted by molar-refractivity contribution is 7.17. The van der Waals surface area contributed by atoms with Crippen molar-refractivity contribution in [2.45, 2.75) is 58.5 Å². The highest BCUT2D eigenvalue weighted by Crippen LogP contribution is 2.45. The van der Waals surface area contributed by atoms with Crippen LogP contribution in [0.3, 0.4) is 0 Å². The number of carbonyl (C=O) groups excluding carboxylic acids is 2. The molecular weight excluding hydrogens is 400 g/mol. The van der Waals surface area contributed by atoms with Gasteiger partial charge in [-0.25, -0.2) is 4.79 Å². The molecule has 162 valence electrons. The molecule has 30 heavy (non-hydrogen) atoms. The van der Waals surface area contributed by atoms with Crippen LogP contribution in [0.2, 0.25) is 0 Å². The van der Waals surface area contributed by atoms with Crippen LogP contribution < -0.4 is 15.4 Å². The van der Waals surface area contributed by atoms with Gasteiger partial charge >= 0.3 is 5.97 Å². The zero-order chi connectivity index (χ0) is 22.1. The number of benzene rings is 1. The number of para-hydroxylation sites is 1. The molecule has 2 heterocycles. The van der Waals surface area contributed by atoms with Gasteiger partial charge in [-0.05, 0) is 52.7 Å². The first kappa shape index (κ1) is 22.3. The van der Waals surface area contributed by atoms with Gasteiger partial charge in [0.05, 0.1) is 25.7 Å². The summed E-state index contributed by atoms with van der Waals surface area (Å²) in [5.41, 5.74) is 1.72. The van der Waals surface area contributed by atoms with Crippen LogP contribution in [-0.4, -0.2) is 31.1 Å². The number of methoxy groups -OCH3 is 1. The fraction of sp³-hybridized carbons (Fsp3) is 0.478. The normalized spacial score (nSPS) is 16.5. The molecule has 0 aliphatic carbocycles. The lowest BCUT2D eigenvalue weighted by molar-refractivity contribution is -0.115. The largest absolute Gasteiger partial charge is 0.496 e. The van der Waals surface area contributed by atoms with Gasteiger partial charge in [-0.1, -0.05) is 18.2 Å². The predicted octanol–water partition coefficient (Wildman–Crippen LogP) is 4.27. The average Bonchev–Trinajstić information content (AvgIpc) is 2.99. The molecule has 0 radical (unpaired) electrons. The molecule has 2 N–H and O–H groups in total. The number of thiophene rings is 1. The summed E-state index contributed by atoms with van der Waals surface area (Å²) in [4.78, 5) is 26.8. The van der Waals surface area contributed by atoms with Crippen molar-refractivity contribution in [3.05, 3.63) is 45.8 Å². The number of hydrogen-bond acceptors (Lipinski definition) is 6. The first-order chi connectivity index (χ1) is 14.1. The van der Waals surface area contributed by atoms with E-state index in [4.69, 9.17) is 9.47 Å². The Morgan fingerprint density at radius 1 is 1.20 bits per heavy atom. The third-order valence-electron chi connectivity index (χ3n) is 5.12. The second kappa shape index (κ2) is 8.40. The highest BCUT2D eigenvalue weighted by atomic mass is 32.1. The van der Waals surface area contributed by atoms with E-state index < -0.39 is 5.97 Å². The molecule has 6 nitrogen and oxygen atoms in total. The Bertz CT molecular complexity index is 962. The van der Waals surface area contributed by atoms with E-state index in [1.54, 1.807) is 14.0 Å². The Labute approximate surface area is 182 Å². The third kappa shape index (κ3) is 4.52. The van der Waals surface area contributed by atoms with Gasteiger partial charge in [-0.2, -0.15) is 0 Å². The number of nitrogens with one attached hydrogen (secondary N) is 2. The molecule has 7 heteroatoms. The minimum absolute atomic E-state index is 0.155. The molecule has 2 aromatic rings. The van der Waals surface area contributed by atoms with Gasteiger partial charge in [-0.15, -0.1) is 11.3 Å². The van der Waals surface area contributed by atoms with E-state index in [0.29, 0.717) is 22.7 Å². The number of ether oxygens (including phenoxy) is 2. The lowest BCUT2D eigenvalue weighted by atomic mass is 9.81. The molecule has 0 saturated carbocycles. The summed E-state index contributed by atoms with van der Waals surface area (Å²) in [6.45, 7) is 10.5. The van der Waals surface area contributed by atoms with Gasteiger partial charge in [0.2, 0.25) is 5.91 Å². The first-order valence-electron chi connectivity index (χ1n) is 10.1. The fourth-order valence-electron chi connectivity index (χ4n) is 4.23. The number of rotatable bonds is 6. The Morgan fingerprint density at radius 2 is 1.90 bits per heavy atom. The minimum Gasteiger partial charge on any atom is -0.496 e. The molecule has 1 aliphatic heterocycles. The summed E-state index contributed by atoms with van der Waals surface area (Å²) < 4.78 is 10.7. The van der Waals surface area contributed by atoms with E-state index >= 15 is 0 Å². The van der Waals surface area contributed by atoms with Crippen molar-refractivity contribution in [3.8, 4) is 5.75 Å². The molecule has 0 fully saturated rings. The summed E-state index contributed by atoms with van der Waals surface area (Å²) in [7, 11) is 1.58. The van der Waals surface area contributed by atoms with Crippen LogP contribution in [0.5, 0.6) is 5.75 Å². The summed E-state index contributed by atoms with van der Waals surface area (Å²) in [5.74, 6) is 0.0700.